The number of nitrogens with zero attached hydrogens (tertiary/aromatic N) is 1. The maximum absolute atomic E-state index is 13.2. The lowest BCUT2D eigenvalue weighted by Crippen LogP contribution is -2.76. The number of nitrogens with one attached hydrogen (secondary N) is 3. The van der Waals surface area contributed by atoms with E-state index in [1.54, 1.807) is 38.5 Å². The van der Waals surface area contributed by atoms with Gasteiger partial charge in [0.2, 0.25) is 18.0 Å². The van der Waals surface area contributed by atoms with Crippen molar-refractivity contribution in [2.24, 2.45) is 0 Å². The van der Waals surface area contributed by atoms with Crippen molar-refractivity contribution < 1.29 is 33.6 Å². The summed E-state index contributed by atoms with van der Waals surface area (Å²) in [6.45, 7) is 1.85. The van der Waals surface area contributed by atoms with Crippen LogP contribution in [0, 0.1) is 5.82 Å². The van der Waals surface area contributed by atoms with Gasteiger partial charge in [-0.25, -0.2) is 4.39 Å². The average Bonchev–Trinajstić information content (AvgIpc) is 2.89. The Balaban J connectivity index is 1.28. The summed E-state index contributed by atoms with van der Waals surface area (Å²) in [6, 6.07) is 8.14. The number of hydrogen-bond donors (Lipinski definition) is 5. The molecule has 206 valence electrons. The second-order valence-electron chi connectivity index (χ2n) is 10.3. The molecule has 0 bridgehead atoms. The molecule has 1 amide bonds. The molecule has 3 unspecified atom stereocenters. The zero-order valence-corrected chi connectivity index (χ0v) is 21.6. The fourth-order valence-corrected chi connectivity index (χ4v) is 5.69. The molecule has 0 radical (unpaired) electrons. The van der Waals surface area contributed by atoms with Crippen molar-refractivity contribution >= 4 is 5.91 Å². The molecule has 3 aliphatic rings. The summed E-state index contributed by atoms with van der Waals surface area (Å²) in [6.07, 6.45) is -0.838. The summed E-state index contributed by atoms with van der Waals surface area (Å²) in [4.78, 5) is 17.4. The van der Waals surface area contributed by atoms with Gasteiger partial charge >= 0.3 is 0 Å². The number of aliphatic hydroxyl groups excluding tert-OH is 1. The van der Waals surface area contributed by atoms with Gasteiger partial charge in [-0.05, 0) is 57.6 Å². The number of ether oxygens (including phenoxy) is 3. The van der Waals surface area contributed by atoms with Crippen LogP contribution < -0.4 is 16.0 Å². The van der Waals surface area contributed by atoms with Crippen LogP contribution in [-0.4, -0.2) is 89.8 Å². The summed E-state index contributed by atoms with van der Waals surface area (Å²) < 4.78 is 31.5. The van der Waals surface area contributed by atoms with E-state index >= 15 is 0 Å². The number of rotatable bonds is 6. The summed E-state index contributed by atoms with van der Waals surface area (Å²) in [5.41, 5.74) is 2.17. The van der Waals surface area contributed by atoms with E-state index in [-0.39, 0.29) is 30.3 Å². The van der Waals surface area contributed by atoms with Crippen molar-refractivity contribution in [3.05, 3.63) is 54.1 Å². The molecule has 9 atom stereocenters. The molecule has 1 saturated carbocycles. The molecule has 2 saturated heterocycles. The first-order valence-electron chi connectivity index (χ1n) is 13.0. The fraction of sp³-hybridized carbons (Fsp3) is 0.556. The lowest BCUT2D eigenvalue weighted by Gasteiger charge is -2.56. The summed E-state index contributed by atoms with van der Waals surface area (Å²) >= 11 is 0. The number of amides is 1. The third-order valence-electron chi connectivity index (χ3n) is 7.75. The molecule has 10 nitrogen and oxygen atoms in total. The van der Waals surface area contributed by atoms with Crippen LogP contribution in [0.2, 0.25) is 0 Å². The predicted octanol–water partition coefficient (Wildman–Crippen LogP) is 0.463. The highest BCUT2D eigenvalue weighted by atomic mass is 19.1. The SMILES string of the molecule is CN[C@H]1CC2OC3O[C@H](C)C[C@@H](NC(=O)Cc4ccc(-c5ccc(F)cc5)cn4)[C@]3(O)OC2[C@@H](NC)[C@H]1O. The van der Waals surface area contributed by atoms with Crippen LogP contribution in [-0.2, 0) is 25.4 Å². The van der Waals surface area contributed by atoms with Crippen molar-refractivity contribution in [1.82, 2.24) is 20.9 Å². The average molecular weight is 531 g/mol. The summed E-state index contributed by atoms with van der Waals surface area (Å²) in [7, 11) is 3.49. The Labute approximate surface area is 220 Å². The van der Waals surface area contributed by atoms with Gasteiger partial charge in [-0.2, -0.15) is 0 Å². The maximum atomic E-state index is 13.2. The molecule has 2 aliphatic heterocycles. The summed E-state index contributed by atoms with van der Waals surface area (Å²) in [5, 5.41) is 31.6. The number of likely N-dealkylation sites (N-methyl/N-ethyl adjacent to an activating group) is 2. The Hall–Kier alpha value is -2.51. The van der Waals surface area contributed by atoms with Gasteiger partial charge in [0.25, 0.3) is 0 Å². The zero-order chi connectivity index (χ0) is 27.0. The van der Waals surface area contributed by atoms with Gasteiger partial charge in [-0.1, -0.05) is 18.2 Å². The largest absolute Gasteiger partial charge is 0.390 e. The number of carbonyl (C=O) groups excluding carboxylic acids is 1. The molecule has 1 aromatic heterocycles. The van der Waals surface area contributed by atoms with E-state index in [9.17, 15) is 19.4 Å². The van der Waals surface area contributed by atoms with E-state index < -0.39 is 42.5 Å². The van der Waals surface area contributed by atoms with Crippen LogP contribution >= 0.6 is 0 Å². The number of carbonyl (C=O) groups is 1. The molecular formula is C27H35FN4O6. The van der Waals surface area contributed by atoms with Crippen LogP contribution in [0.1, 0.15) is 25.5 Å². The van der Waals surface area contributed by atoms with E-state index in [1.165, 1.54) is 12.1 Å². The third kappa shape index (κ3) is 5.20. The second-order valence-corrected chi connectivity index (χ2v) is 10.3. The topological polar surface area (TPSA) is 134 Å². The first-order valence-corrected chi connectivity index (χ1v) is 13.0. The van der Waals surface area contributed by atoms with E-state index in [0.717, 1.165) is 11.1 Å². The Bertz CT molecular complexity index is 1120. The van der Waals surface area contributed by atoms with Gasteiger partial charge in [0.1, 0.15) is 11.9 Å². The standard InChI is InChI=1S/C27H35FN4O6/c1-14-10-21(32-22(33)11-18-9-6-16(13-31-18)15-4-7-17(28)8-5-15)27(35)26(36-14)37-20-12-19(29-2)24(34)23(30-3)25(20)38-27/h4-9,13-14,19-21,23-26,29-30,34-35H,10-12H2,1-3H3,(H,32,33)/t14-,19+,20?,21-,23+,24+,25?,26?,27+/m1/s1. The number of aliphatic hydroxyl groups is 2. The van der Waals surface area contributed by atoms with Crippen molar-refractivity contribution in [2.75, 3.05) is 14.1 Å². The van der Waals surface area contributed by atoms with E-state index in [2.05, 4.69) is 20.9 Å². The molecule has 38 heavy (non-hydrogen) atoms. The number of aromatic nitrogens is 1. The first-order chi connectivity index (χ1) is 18.2. The maximum Gasteiger partial charge on any atom is 0.239 e. The van der Waals surface area contributed by atoms with Gasteiger partial charge in [0, 0.05) is 23.5 Å². The number of halogens is 1. The first kappa shape index (κ1) is 27.1. The molecule has 3 fully saturated rings. The Morgan fingerprint density at radius 3 is 2.50 bits per heavy atom. The molecular weight excluding hydrogens is 495 g/mol. The number of hydrogen-bond acceptors (Lipinski definition) is 9. The highest BCUT2D eigenvalue weighted by Crippen LogP contribution is 2.41. The van der Waals surface area contributed by atoms with Crippen molar-refractivity contribution in [1.29, 1.82) is 0 Å². The Kier molecular flexibility index (Phi) is 7.79. The fourth-order valence-electron chi connectivity index (χ4n) is 5.69. The monoisotopic (exact) mass is 530 g/mol. The molecule has 5 N–H and O–H groups in total. The molecule has 1 aromatic carbocycles. The number of benzene rings is 1. The number of pyridine rings is 1. The predicted molar refractivity (Wildman–Crippen MR) is 135 cm³/mol. The molecule has 3 heterocycles. The van der Waals surface area contributed by atoms with Crippen molar-refractivity contribution in [2.45, 2.75) is 80.8 Å². The smallest absolute Gasteiger partial charge is 0.239 e. The van der Waals surface area contributed by atoms with Crippen molar-refractivity contribution in [3.8, 4) is 11.1 Å². The van der Waals surface area contributed by atoms with Crippen LogP contribution in [0.15, 0.2) is 42.6 Å². The van der Waals surface area contributed by atoms with Gasteiger partial charge in [0.15, 0.2) is 0 Å². The minimum absolute atomic E-state index is 0.00913. The highest BCUT2D eigenvalue weighted by Gasteiger charge is 2.61. The minimum atomic E-state index is -1.94. The van der Waals surface area contributed by atoms with E-state index in [0.29, 0.717) is 18.5 Å². The molecule has 5 rings (SSSR count). The normalized spacial score (nSPS) is 36.7. The third-order valence-corrected chi connectivity index (χ3v) is 7.75. The Morgan fingerprint density at radius 2 is 1.84 bits per heavy atom. The number of fused-ring (bicyclic) bond motifs is 2. The van der Waals surface area contributed by atoms with Crippen molar-refractivity contribution in [3.63, 3.8) is 0 Å². The minimum Gasteiger partial charge on any atom is -0.390 e. The van der Waals surface area contributed by atoms with Crippen LogP contribution in [0.3, 0.4) is 0 Å². The molecule has 0 spiro atoms. The Morgan fingerprint density at radius 1 is 1.11 bits per heavy atom. The highest BCUT2D eigenvalue weighted by molar-refractivity contribution is 5.78. The van der Waals surface area contributed by atoms with Gasteiger partial charge in [-0.3, -0.25) is 9.78 Å². The zero-order valence-electron chi connectivity index (χ0n) is 21.6. The summed E-state index contributed by atoms with van der Waals surface area (Å²) in [5.74, 6) is -2.59. The van der Waals surface area contributed by atoms with Gasteiger partial charge < -0.3 is 40.4 Å². The van der Waals surface area contributed by atoms with Gasteiger partial charge in [0.05, 0.1) is 36.8 Å². The van der Waals surface area contributed by atoms with E-state index in [1.807, 2.05) is 13.0 Å². The van der Waals surface area contributed by atoms with Crippen LogP contribution in [0.5, 0.6) is 0 Å². The molecule has 1 aliphatic carbocycles. The van der Waals surface area contributed by atoms with Gasteiger partial charge in [-0.15, -0.1) is 0 Å². The lowest BCUT2D eigenvalue weighted by atomic mass is 9.81. The second kappa shape index (κ2) is 10.9. The molecule has 2 aromatic rings. The quantitative estimate of drug-likeness (QED) is 0.361. The van der Waals surface area contributed by atoms with Crippen LogP contribution in [0.4, 0.5) is 4.39 Å². The lowest BCUT2D eigenvalue weighted by molar-refractivity contribution is -0.442. The van der Waals surface area contributed by atoms with E-state index in [4.69, 9.17) is 14.2 Å². The molecule has 11 heteroatoms. The van der Waals surface area contributed by atoms with Crippen LogP contribution in [0.25, 0.3) is 11.1 Å².